The van der Waals surface area contributed by atoms with Crippen molar-refractivity contribution < 1.29 is 9.53 Å². The lowest BCUT2D eigenvalue weighted by Gasteiger charge is -2.26. The summed E-state index contributed by atoms with van der Waals surface area (Å²) in [5.74, 6) is 1.59. The third-order valence-corrected chi connectivity index (χ3v) is 7.94. The van der Waals surface area contributed by atoms with Crippen LogP contribution >= 0.6 is 0 Å². The van der Waals surface area contributed by atoms with Crippen LogP contribution < -0.4 is 10.1 Å². The van der Waals surface area contributed by atoms with Gasteiger partial charge >= 0.3 is 0 Å². The maximum absolute atomic E-state index is 13.4. The van der Waals surface area contributed by atoms with Gasteiger partial charge in [0, 0.05) is 43.6 Å². The van der Waals surface area contributed by atoms with E-state index < -0.39 is 0 Å². The Balaban J connectivity index is 1.44. The Bertz CT molecular complexity index is 1370. The van der Waals surface area contributed by atoms with Crippen LogP contribution in [0.5, 0.6) is 11.5 Å². The molecule has 3 aromatic carbocycles. The molecule has 1 saturated heterocycles. The SMILES string of the molecule is CCc1cccc2c([C@H](CC(=O)NCCN3CCCCC3)c3cccc(Oc4ccccc4)c3)cn(CC)c12. The minimum absolute atomic E-state index is 0.0817. The van der Waals surface area contributed by atoms with Gasteiger partial charge in [0.2, 0.25) is 5.91 Å². The smallest absolute Gasteiger partial charge is 0.220 e. The second-order valence-electron chi connectivity index (χ2n) is 10.5. The number of nitrogens with one attached hydrogen (secondary N) is 1. The fourth-order valence-electron chi connectivity index (χ4n) is 5.90. The van der Waals surface area contributed by atoms with E-state index in [1.165, 1.54) is 41.3 Å². The summed E-state index contributed by atoms with van der Waals surface area (Å²) in [4.78, 5) is 15.9. The summed E-state index contributed by atoms with van der Waals surface area (Å²) in [7, 11) is 0. The zero-order chi connectivity index (χ0) is 27.0. The molecule has 1 aliphatic heterocycles. The number of aromatic nitrogens is 1. The molecule has 5 heteroatoms. The van der Waals surface area contributed by atoms with Gasteiger partial charge in [-0.25, -0.2) is 0 Å². The molecule has 1 N–H and O–H groups in total. The van der Waals surface area contributed by atoms with Gasteiger partial charge in [0.05, 0.1) is 5.52 Å². The van der Waals surface area contributed by atoms with Crippen LogP contribution in [0, 0.1) is 0 Å². The molecule has 5 nitrogen and oxygen atoms in total. The van der Waals surface area contributed by atoms with Gasteiger partial charge in [-0.05, 0) is 80.2 Å². The van der Waals surface area contributed by atoms with E-state index in [-0.39, 0.29) is 11.8 Å². The number of piperidine rings is 1. The summed E-state index contributed by atoms with van der Waals surface area (Å²) in [6.07, 6.45) is 7.48. The van der Waals surface area contributed by atoms with E-state index in [0.717, 1.165) is 49.7 Å². The topological polar surface area (TPSA) is 46.5 Å². The Labute approximate surface area is 232 Å². The van der Waals surface area contributed by atoms with Crippen molar-refractivity contribution in [2.75, 3.05) is 26.2 Å². The predicted molar refractivity (Wildman–Crippen MR) is 160 cm³/mol. The van der Waals surface area contributed by atoms with Crippen LogP contribution in [0.2, 0.25) is 0 Å². The number of aryl methyl sites for hydroxylation is 2. The van der Waals surface area contributed by atoms with Gasteiger partial charge in [-0.1, -0.05) is 61.9 Å². The summed E-state index contributed by atoms with van der Waals surface area (Å²) in [6, 6.07) is 24.7. The fourth-order valence-corrected chi connectivity index (χ4v) is 5.90. The Morgan fingerprint density at radius 2 is 1.69 bits per heavy atom. The molecular formula is C34H41N3O2. The number of hydrogen-bond donors (Lipinski definition) is 1. The summed E-state index contributed by atoms with van der Waals surface area (Å²) in [5, 5.41) is 4.46. The average molecular weight is 524 g/mol. The monoisotopic (exact) mass is 523 g/mol. The largest absolute Gasteiger partial charge is 0.457 e. The maximum Gasteiger partial charge on any atom is 0.220 e. The van der Waals surface area contributed by atoms with Gasteiger partial charge in [0.1, 0.15) is 11.5 Å². The van der Waals surface area contributed by atoms with Gasteiger partial charge in [0.15, 0.2) is 0 Å². The Hall–Kier alpha value is -3.57. The first-order valence-corrected chi connectivity index (χ1v) is 14.6. The lowest BCUT2D eigenvalue weighted by molar-refractivity contribution is -0.121. The Morgan fingerprint density at radius 1 is 0.923 bits per heavy atom. The quantitative estimate of drug-likeness (QED) is 0.227. The Morgan fingerprint density at radius 3 is 2.46 bits per heavy atom. The second kappa shape index (κ2) is 13.0. The van der Waals surface area contributed by atoms with Crippen molar-refractivity contribution in [3.63, 3.8) is 0 Å². The molecule has 5 rings (SSSR count). The van der Waals surface area contributed by atoms with E-state index in [1.807, 2.05) is 42.5 Å². The third-order valence-electron chi connectivity index (χ3n) is 7.94. The molecule has 1 fully saturated rings. The summed E-state index contributed by atoms with van der Waals surface area (Å²) in [6.45, 7) is 9.18. The van der Waals surface area contributed by atoms with Crippen LogP contribution in [0.4, 0.5) is 0 Å². The van der Waals surface area contributed by atoms with Crippen LogP contribution in [0.3, 0.4) is 0 Å². The molecule has 1 amide bonds. The lowest BCUT2D eigenvalue weighted by Crippen LogP contribution is -2.38. The van der Waals surface area contributed by atoms with Gasteiger partial charge in [-0.3, -0.25) is 4.79 Å². The molecule has 0 radical (unpaired) electrons. The van der Waals surface area contributed by atoms with Crippen molar-refractivity contribution >= 4 is 16.8 Å². The van der Waals surface area contributed by atoms with Gasteiger partial charge in [-0.15, -0.1) is 0 Å². The fraction of sp³-hybridized carbons (Fsp3) is 0.382. The van der Waals surface area contributed by atoms with Crippen molar-refractivity contribution in [1.29, 1.82) is 0 Å². The minimum atomic E-state index is -0.0817. The minimum Gasteiger partial charge on any atom is -0.457 e. The van der Waals surface area contributed by atoms with Crippen LogP contribution in [-0.4, -0.2) is 41.6 Å². The highest BCUT2D eigenvalue weighted by Gasteiger charge is 2.24. The Kier molecular flexibility index (Phi) is 9.00. The molecule has 2 heterocycles. The molecule has 0 spiro atoms. The summed E-state index contributed by atoms with van der Waals surface area (Å²) < 4.78 is 8.52. The van der Waals surface area contributed by atoms with Gasteiger partial charge in [0.25, 0.3) is 0 Å². The molecule has 4 aromatic rings. The first-order valence-electron chi connectivity index (χ1n) is 14.6. The van der Waals surface area contributed by atoms with Crippen molar-refractivity contribution in [3.05, 3.63) is 95.7 Å². The number of hydrogen-bond acceptors (Lipinski definition) is 3. The number of rotatable bonds is 11. The van der Waals surface area contributed by atoms with E-state index in [2.05, 4.69) is 65.2 Å². The number of ether oxygens (including phenoxy) is 1. The molecule has 0 bridgehead atoms. The number of benzene rings is 3. The molecular weight excluding hydrogens is 482 g/mol. The van der Waals surface area contributed by atoms with E-state index in [9.17, 15) is 4.79 Å². The zero-order valence-corrected chi connectivity index (χ0v) is 23.4. The number of carbonyl (C=O) groups excluding carboxylic acids is 1. The van der Waals surface area contributed by atoms with Crippen molar-refractivity contribution in [3.8, 4) is 11.5 Å². The van der Waals surface area contributed by atoms with E-state index >= 15 is 0 Å². The normalized spacial score (nSPS) is 14.8. The van der Waals surface area contributed by atoms with Gasteiger partial charge in [-0.2, -0.15) is 0 Å². The van der Waals surface area contributed by atoms with Gasteiger partial charge < -0.3 is 19.5 Å². The zero-order valence-electron chi connectivity index (χ0n) is 23.4. The number of carbonyl (C=O) groups is 1. The molecule has 0 unspecified atom stereocenters. The molecule has 1 aliphatic rings. The molecule has 1 atom stereocenters. The van der Waals surface area contributed by atoms with Crippen molar-refractivity contribution in [1.82, 2.24) is 14.8 Å². The first kappa shape index (κ1) is 27.0. The third kappa shape index (κ3) is 6.54. The van der Waals surface area contributed by atoms with E-state index in [1.54, 1.807) is 0 Å². The van der Waals surface area contributed by atoms with E-state index in [4.69, 9.17) is 4.74 Å². The number of amides is 1. The average Bonchev–Trinajstić information content (AvgIpc) is 3.36. The number of para-hydroxylation sites is 2. The number of nitrogens with zero attached hydrogens (tertiary/aromatic N) is 2. The summed E-state index contributed by atoms with van der Waals surface area (Å²) in [5.41, 5.74) is 4.91. The standard InChI is InChI=1S/C34H41N3O2/c1-3-26-13-12-18-30-32(25-37(4-2)34(26)30)31(24-33(38)35-19-22-36-20-9-6-10-21-36)27-14-11-17-29(23-27)39-28-15-7-5-8-16-28/h5,7-8,11-18,23,25,31H,3-4,6,9-10,19-22,24H2,1-2H3,(H,35,38)/t31-/m1/s1. The highest BCUT2D eigenvalue weighted by Crippen LogP contribution is 2.37. The van der Waals surface area contributed by atoms with Crippen LogP contribution in [0.1, 0.15) is 62.1 Å². The van der Waals surface area contributed by atoms with Crippen LogP contribution in [0.15, 0.2) is 79.0 Å². The van der Waals surface area contributed by atoms with Crippen molar-refractivity contribution in [2.45, 2.75) is 58.4 Å². The summed E-state index contributed by atoms with van der Waals surface area (Å²) >= 11 is 0. The number of likely N-dealkylation sites (tertiary alicyclic amines) is 1. The molecule has 39 heavy (non-hydrogen) atoms. The van der Waals surface area contributed by atoms with Crippen LogP contribution in [-0.2, 0) is 17.8 Å². The first-order chi connectivity index (χ1) is 19.2. The highest BCUT2D eigenvalue weighted by molar-refractivity contribution is 5.89. The maximum atomic E-state index is 13.4. The molecule has 0 aliphatic carbocycles. The van der Waals surface area contributed by atoms with E-state index in [0.29, 0.717) is 13.0 Å². The van der Waals surface area contributed by atoms with Crippen molar-refractivity contribution in [2.24, 2.45) is 0 Å². The highest BCUT2D eigenvalue weighted by atomic mass is 16.5. The molecule has 0 saturated carbocycles. The second-order valence-corrected chi connectivity index (χ2v) is 10.5. The number of fused-ring (bicyclic) bond motifs is 1. The molecule has 1 aromatic heterocycles. The lowest BCUT2D eigenvalue weighted by atomic mass is 9.87. The predicted octanol–water partition coefficient (Wildman–Crippen LogP) is 7.14. The molecule has 204 valence electrons. The van der Waals surface area contributed by atoms with Crippen LogP contribution in [0.25, 0.3) is 10.9 Å².